The van der Waals surface area contributed by atoms with Crippen molar-refractivity contribution in [2.24, 2.45) is 0 Å². The highest BCUT2D eigenvalue weighted by Crippen LogP contribution is 2.28. The predicted molar refractivity (Wildman–Crippen MR) is 62.8 cm³/mol. The van der Waals surface area contributed by atoms with E-state index < -0.39 is 5.67 Å². The molecule has 0 saturated carbocycles. The molecule has 1 aliphatic heterocycles. The maximum atomic E-state index is 13.6. The van der Waals surface area contributed by atoms with Gasteiger partial charge in [-0.25, -0.2) is 4.39 Å². The number of hydrogen-bond acceptors (Lipinski definition) is 2. The van der Waals surface area contributed by atoms with E-state index in [1.165, 1.54) is 0 Å². The summed E-state index contributed by atoms with van der Waals surface area (Å²) in [6.07, 6.45) is 1.95. The van der Waals surface area contributed by atoms with Crippen LogP contribution >= 0.6 is 0 Å². The molecule has 1 aromatic rings. The zero-order valence-electron chi connectivity index (χ0n) is 9.45. The highest BCUT2D eigenvalue weighted by Gasteiger charge is 2.29. The van der Waals surface area contributed by atoms with Crippen molar-refractivity contribution >= 4 is 12.0 Å². The first-order chi connectivity index (χ1) is 7.61. The SMILES string of the molecule is CC1(F)CCN(c2cccc(C=O)c2)CC1. The van der Waals surface area contributed by atoms with E-state index in [4.69, 9.17) is 0 Å². The number of piperidine rings is 1. The van der Waals surface area contributed by atoms with Gasteiger partial charge in [-0.05, 0) is 31.9 Å². The number of carbonyl (C=O) groups is 1. The molecular weight excluding hydrogens is 205 g/mol. The van der Waals surface area contributed by atoms with Crippen LogP contribution in [0.1, 0.15) is 30.1 Å². The molecular formula is C13H16FNO. The summed E-state index contributed by atoms with van der Waals surface area (Å²) in [6, 6.07) is 7.46. The number of halogens is 1. The van der Waals surface area contributed by atoms with Gasteiger partial charge in [0.2, 0.25) is 0 Å². The van der Waals surface area contributed by atoms with Crippen LogP contribution < -0.4 is 4.90 Å². The van der Waals surface area contributed by atoms with Crippen molar-refractivity contribution in [3.8, 4) is 0 Å². The van der Waals surface area contributed by atoms with Crippen molar-refractivity contribution in [1.82, 2.24) is 0 Å². The number of carbonyl (C=O) groups excluding carboxylic acids is 1. The van der Waals surface area contributed by atoms with E-state index >= 15 is 0 Å². The molecule has 2 rings (SSSR count). The molecule has 0 aliphatic carbocycles. The Kier molecular flexibility index (Phi) is 2.95. The van der Waals surface area contributed by atoms with Crippen LogP contribution in [0.3, 0.4) is 0 Å². The number of anilines is 1. The Hall–Kier alpha value is -1.38. The largest absolute Gasteiger partial charge is 0.371 e. The Morgan fingerprint density at radius 3 is 2.69 bits per heavy atom. The Morgan fingerprint density at radius 2 is 2.06 bits per heavy atom. The fourth-order valence-electron chi connectivity index (χ4n) is 2.03. The molecule has 0 N–H and O–H groups in total. The molecule has 0 radical (unpaired) electrons. The molecule has 0 spiro atoms. The average molecular weight is 221 g/mol. The van der Waals surface area contributed by atoms with Crippen molar-refractivity contribution in [3.63, 3.8) is 0 Å². The normalized spacial score (nSPS) is 19.5. The third-order valence-electron chi connectivity index (χ3n) is 3.18. The van der Waals surface area contributed by atoms with Crippen molar-refractivity contribution in [2.45, 2.75) is 25.4 Å². The summed E-state index contributed by atoms with van der Waals surface area (Å²) in [5.41, 5.74) is 0.657. The number of benzene rings is 1. The van der Waals surface area contributed by atoms with Crippen molar-refractivity contribution in [1.29, 1.82) is 0 Å². The van der Waals surface area contributed by atoms with E-state index in [2.05, 4.69) is 4.90 Å². The van der Waals surface area contributed by atoms with Gasteiger partial charge in [0.25, 0.3) is 0 Å². The van der Waals surface area contributed by atoms with Gasteiger partial charge in [0.15, 0.2) is 0 Å². The molecule has 86 valence electrons. The molecule has 16 heavy (non-hydrogen) atoms. The summed E-state index contributed by atoms with van der Waals surface area (Å²) >= 11 is 0. The second-order valence-corrected chi connectivity index (χ2v) is 4.61. The summed E-state index contributed by atoms with van der Waals surface area (Å²) in [5.74, 6) is 0. The fraction of sp³-hybridized carbons (Fsp3) is 0.462. The third-order valence-corrected chi connectivity index (χ3v) is 3.18. The minimum absolute atomic E-state index is 0.554. The van der Waals surface area contributed by atoms with Crippen molar-refractivity contribution in [3.05, 3.63) is 29.8 Å². The van der Waals surface area contributed by atoms with E-state index in [0.29, 0.717) is 18.4 Å². The van der Waals surface area contributed by atoms with E-state index in [-0.39, 0.29) is 0 Å². The van der Waals surface area contributed by atoms with Crippen molar-refractivity contribution < 1.29 is 9.18 Å². The van der Waals surface area contributed by atoms with Gasteiger partial charge in [-0.3, -0.25) is 4.79 Å². The van der Waals surface area contributed by atoms with Crippen LogP contribution in [0.5, 0.6) is 0 Å². The topological polar surface area (TPSA) is 20.3 Å². The number of alkyl halides is 1. The predicted octanol–water partition coefficient (Wildman–Crippen LogP) is 2.83. The van der Waals surface area contributed by atoms with Crippen LogP contribution in [-0.2, 0) is 0 Å². The maximum absolute atomic E-state index is 13.6. The molecule has 2 nitrogen and oxygen atoms in total. The van der Waals surface area contributed by atoms with E-state index in [9.17, 15) is 9.18 Å². The first-order valence-electron chi connectivity index (χ1n) is 5.60. The summed E-state index contributed by atoms with van der Waals surface area (Å²) in [5, 5.41) is 0. The van der Waals surface area contributed by atoms with Gasteiger partial charge in [0.1, 0.15) is 12.0 Å². The van der Waals surface area contributed by atoms with Gasteiger partial charge in [0, 0.05) is 24.3 Å². The summed E-state index contributed by atoms with van der Waals surface area (Å²) in [7, 11) is 0. The molecule has 1 fully saturated rings. The van der Waals surface area contributed by atoms with Crippen molar-refractivity contribution in [2.75, 3.05) is 18.0 Å². The highest BCUT2D eigenvalue weighted by atomic mass is 19.1. The quantitative estimate of drug-likeness (QED) is 0.716. The minimum Gasteiger partial charge on any atom is -0.371 e. The Morgan fingerprint density at radius 1 is 1.38 bits per heavy atom. The number of nitrogens with zero attached hydrogens (tertiary/aromatic N) is 1. The van der Waals surface area contributed by atoms with Crippen LogP contribution in [0.2, 0.25) is 0 Å². The zero-order chi connectivity index (χ0) is 11.6. The lowest BCUT2D eigenvalue weighted by atomic mass is 9.95. The maximum Gasteiger partial charge on any atom is 0.150 e. The molecule has 1 aliphatic rings. The standard InChI is InChI=1S/C13H16FNO/c1-13(14)5-7-15(8-6-13)12-4-2-3-11(9-12)10-16/h2-4,9-10H,5-8H2,1H3. The number of hydrogen-bond donors (Lipinski definition) is 0. The van der Waals surface area contributed by atoms with E-state index in [1.54, 1.807) is 13.0 Å². The van der Waals surface area contributed by atoms with Gasteiger partial charge in [0.05, 0.1) is 0 Å². The molecule has 0 atom stereocenters. The molecule has 3 heteroatoms. The van der Waals surface area contributed by atoms with Gasteiger partial charge >= 0.3 is 0 Å². The van der Waals surface area contributed by atoms with Crippen LogP contribution in [0.25, 0.3) is 0 Å². The van der Waals surface area contributed by atoms with E-state index in [1.807, 2.05) is 18.2 Å². The molecule has 1 saturated heterocycles. The Labute approximate surface area is 95.1 Å². The number of rotatable bonds is 2. The molecule has 1 heterocycles. The van der Waals surface area contributed by atoms with Crippen LogP contribution in [0.15, 0.2) is 24.3 Å². The van der Waals surface area contributed by atoms with Gasteiger partial charge in [-0.2, -0.15) is 0 Å². The molecule has 0 amide bonds. The summed E-state index contributed by atoms with van der Waals surface area (Å²) in [6.45, 7) is 3.09. The van der Waals surface area contributed by atoms with E-state index in [0.717, 1.165) is 25.1 Å². The van der Waals surface area contributed by atoms with Gasteiger partial charge in [-0.15, -0.1) is 0 Å². The van der Waals surface area contributed by atoms with Crippen LogP contribution in [0.4, 0.5) is 10.1 Å². The minimum atomic E-state index is -1.03. The van der Waals surface area contributed by atoms with Crippen LogP contribution in [0, 0.1) is 0 Å². The fourth-order valence-corrected chi connectivity index (χ4v) is 2.03. The lowest BCUT2D eigenvalue weighted by Gasteiger charge is -2.35. The van der Waals surface area contributed by atoms with Gasteiger partial charge in [-0.1, -0.05) is 12.1 Å². The summed E-state index contributed by atoms with van der Waals surface area (Å²) < 4.78 is 13.6. The highest BCUT2D eigenvalue weighted by molar-refractivity contribution is 5.77. The van der Waals surface area contributed by atoms with Gasteiger partial charge < -0.3 is 4.90 Å². The first-order valence-corrected chi connectivity index (χ1v) is 5.60. The smallest absolute Gasteiger partial charge is 0.150 e. The molecule has 1 aromatic carbocycles. The van der Waals surface area contributed by atoms with Crippen LogP contribution in [-0.4, -0.2) is 25.0 Å². The lowest BCUT2D eigenvalue weighted by Crippen LogP contribution is -2.40. The first kappa shape index (κ1) is 11.1. The molecule has 0 bridgehead atoms. The monoisotopic (exact) mass is 221 g/mol. The molecule has 0 unspecified atom stereocenters. The second-order valence-electron chi connectivity index (χ2n) is 4.61. The Balaban J connectivity index is 2.11. The zero-order valence-corrected chi connectivity index (χ0v) is 9.45. The summed E-state index contributed by atoms with van der Waals surface area (Å²) in [4.78, 5) is 12.8. The second kappa shape index (κ2) is 4.24. The lowest BCUT2D eigenvalue weighted by molar-refractivity contribution is 0.112. The third kappa shape index (κ3) is 2.40. The Bertz CT molecular complexity index is 379. The molecule has 0 aromatic heterocycles. The average Bonchev–Trinajstić information content (AvgIpc) is 2.29. The number of aldehydes is 1.